The van der Waals surface area contributed by atoms with Crippen LogP contribution < -0.4 is 10.5 Å². The second-order valence-corrected chi connectivity index (χ2v) is 3.72. The number of hydrogen-bond donors (Lipinski definition) is 1. The molecule has 0 aliphatic heterocycles. The van der Waals surface area contributed by atoms with Crippen molar-refractivity contribution < 1.29 is 4.74 Å². The van der Waals surface area contributed by atoms with Crippen LogP contribution in [-0.4, -0.2) is 6.61 Å². The molecule has 1 rings (SSSR count). The molecule has 0 aliphatic rings. The van der Waals surface area contributed by atoms with Gasteiger partial charge in [0.25, 0.3) is 0 Å². The Balaban J connectivity index is 3.21. The van der Waals surface area contributed by atoms with Gasteiger partial charge in [0, 0.05) is 11.6 Å². The van der Waals surface area contributed by atoms with Crippen LogP contribution in [0.3, 0.4) is 0 Å². The summed E-state index contributed by atoms with van der Waals surface area (Å²) in [6, 6.07) is 4.25. The maximum absolute atomic E-state index is 5.90. The summed E-state index contributed by atoms with van der Waals surface area (Å²) in [6.07, 6.45) is 0. The molecule has 2 nitrogen and oxygen atoms in total. The van der Waals surface area contributed by atoms with Gasteiger partial charge in [-0.15, -0.1) is 0 Å². The quantitative estimate of drug-likeness (QED) is 0.801. The minimum Gasteiger partial charge on any atom is -0.493 e. The van der Waals surface area contributed by atoms with Crippen LogP contribution in [0.2, 0.25) is 0 Å². The van der Waals surface area contributed by atoms with Crippen LogP contribution in [0.15, 0.2) is 12.1 Å². The summed E-state index contributed by atoms with van der Waals surface area (Å²) in [5.74, 6) is 0.952. The van der Waals surface area contributed by atoms with Crippen molar-refractivity contribution in [2.45, 2.75) is 33.7 Å². The molecule has 1 atom stereocenters. The molecule has 1 aromatic rings. The van der Waals surface area contributed by atoms with Crippen molar-refractivity contribution in [1.29, 1.82) is 0 Å². The zero-order valence-electron chi connectivity index (χ0n) is 9.42. The molecule has 78 valence electrons. The molecule has 2 heteroatoms. The molecule has 0 fully saturated rings. The standard InChI is InChI=1S/C12H19NO/c1-5-14-12-9(3)6-8(2)7-11(12)10(4)13/h6-7,10H,5,13H2,1-4H3/t10-/m0/s1. The SMILES string of the molecule is CCOc1c(C)cc(C)cc1[C@H](C)N. The van der Waals surface area contributed by atoms with Crippen LogP contribution in [0, 0.1) is 13.8 Å². The van der Waals surface area contributed by atoms with Gasteiger partial charge in [-0.25, -0.2) is 0 Å². The summed E-state index contributed by atoms with van der Waals surface area (Å²) in [7, 11) is 0. The first-order valence-corrected chi connectivity index (χ1v) is 5.05. The molecule has 0 saturated carbocycles. The van der Waals surface area contributed by atoms with E-state index in [4.69, 9.17) is 10.5 Å². The van der Waals surface area contributed by atoms with Crippen LogP contribution in [0.4, 0.5) is 0 Å². The fourth-order valence-corrected chi connectivity index (χ4v) is 1.67. The van der Waals surface area contributed by atoms with Crippen molar-refractivity contribution in [1.82, 2.24) is 0 Å². The van der Waals surface area contributed by atoms with E-state index < -0.39 is 0 Å². The predicted molar refractivity (Wildman–Crippen MR) is 59.7 cm³/mol. The fourth-order valence-electron chi connectivity index (χ4n) is 1.67. The fraction of sp³-hybridized carbons (Fsp3) is 0.500. The summed E-state index contributed by atoms with van der Waals surface area (Å²) in [5.41, 5.74) is 9.40. The van der Waals surface area contributed by atoms with Gasteiger partial charge in [-0.3, -0.25) is 0 Å². The summed E-state index contributed by atoms with van der Waals surface area (Å²) in [6.45, 7) is 8.79. The lowest BCUT2D eigenvalue weighted by Gasteiger charge is -2.16. The van der Waals surface area contributed by atoms with Crippen molar-refractivity contribution in [3.8, 4) is 5.75 Å². The van der Waals surface area contributed by atoms with Crippen molar-refractivity contribution in [3.63, 3.8) is 0 Å². The highest BCUT2D eigenvalue weighted by Crippen LogP contribution is 2.29. The summed E-state index contributed by atoms with van der Waals surface area (Å²) < 4.78 is 5.60. The van der Waals surface area contributed by atoms with Gasteiger partial charge in [0.15, 0.2) is 0 Å². The third-order valence-corrected chi connectivity index (χ3v) is 2.23. The van der Waals surface area contributed by atoms with E-state index in [9.17, 15) is 0 Å². The summed E-state index contributed by atoms with van der Waals surface area (Å²) in [5, 5.41) is 0. The zero-order chi connectivity index (χ0) is 10.7. The van der Waals surface area contributed by atoms with Crippen molar-refractivity contribution in [3.05, 3.63) is 28.8 Å². The number of hydrogen-bond acceptors (Lipinski definition) is 2. The number of nitrogens with two attached hydrogens (primary N) is 1. The number of ether oxygens (including phenoxy) is 1. The van der Waals surface area contributed by atoms with Crippen LogP contribution in [-0.2, 0) is 0 Å². The van der Waals surface area contributed by atoms with Gasteiger partial charge in [-0.2, -0.15) is 0 Å². The van der Waals surface area contributed by atoms with E-state index in [2.05, 4.69) is 26.0 Å². The highest BCUT2D eigenvalue weighted by Gasteiger charge is 2.11. The molecular weight excluding hydrogens is 174 g/mol. The monoisotopic (exact) mass is 193 g/mol. The van der Waals surface area contributed by atoms with Crippen LogP contribution in [0.5, 0.6) is 5.75 Å². The Labute approximate surface area is 86.1 Å². The lowest BCUT2D eigenvalue weighted by molar-refractivity contribution is 0.332. The second-order valence-electron chi connectivity index (χ2n) is 3.72. The van der Waals surface area contributed by atoms with E-state index in [-0.39, 0.29) is 6.04 Å². The lowest BCUT2D eigenvalue weighted by Crippen LogP contribution is -2.09. The van der Waals surface area contributed by atoms with Gasteiger partial charge >= 0.3 is 0 Å². The maximum Gasteiger partial charge on any atom is 0.126 e. The minimum atomic E-state index is 0.0233. The Hall–Kier alpha value is -1.02. The first-order chi connectivity index (χ1) is 6.56. The van der Waals surface area contributed by atoms with E-state index in [0.29, 0.717) is 6.61 Å². The normalized spacial score (nSPS) is 12.6. The van der Waals surface area contributed by atoms with Crippen molar-refractivity contribution in [2.24, 2.45) is 5.73 Å². The highest BCUT2D eigenvalue weighted by atomic mass is 16.5. The topological polar surface area (TPSA) is 35.2 Å². The molecule has 0 radical (unpaired) electrons. The van der Waals surface area contributed by atoms with Crippen LogP contribution in [0.1, 0.15) is 36.6 Å². The first kappa shape index (κ1) is 11.1. The van der Waals surface area contributed by atoms with Gasteiger partial charge in [0.2, 0.25) is 0 Å². The van der Waals surface area contributed by atoms with Gasteiger partial charge in [0.1, 0.15) is 5.75 Å². The van der Waals surface area contributed by atoms with E-state index >= 15 is 0 Å². The maximum atomic E-state index is 5.90. The predicted octanol–water partition coefficient (Wildman–Crippen LogP) is 2.72. The average molecular weight is 193 g/mol. The molecule has 2 N–H and O–H groups in total. The average Bonchev–Trinajstić information content (AvgIpc) is 2.09. The largest absolute Gasteiger partial charge is 0.493 e. The second kappa shape index (κ2) is 4.47. The Bertz CT molecular complexity index is 318. The molecule has 0 aliphatic carbocycles. The lowest BCUT2D eigenvalue weighted by atomic mass is 10.0. The molecule has 0 spiro atoms. The molecule has 14 heavy (non-hydrogen) atoms. The van der Waals surface area contributed by atoms with E-state index in [1.54, 1.807) is 0 Å². The molecule has 0 amide bonds. The highest BCUT2D eigenvalue weighted by molar-refractivity contribution is 5.45. The summed E-state index contributed by atoms with van der Waals surface area (Å²) in [4.78, 5) is 0. The van der Waals surface area contributed by atoms with E-state index in [1.807, 2.05) is 13.8 Å². The number of aryl methyl sites for hydroxylation is 2. The smallest absolute Gasteiger partial charge is 0.126 e. The molecule has 0 unspecified atom stereocenters. The summed E-state index contributed by atoms with van der Waals surface area (Å²) >= 11 is 0. The Morgan fingerprint density at radius 2 is 2.00 bits per heavy atom. The molecule has 0 heterocycles. The van der Waals surface area contributed by atoms with Gasteiger partial charge < -0.3 is 10.5 Å². The zero-order valence-corrected chi connectivity index (χ0v) is 9.42. The van der Waals surface area contributed by atoms with Gasteiger partial charge in [-0.1, -0.05) is 17.7 Å². The molecule has 0 aromatic heterocycles. The minimum absolute atomic E-state index is 0.0233. The Morgan fingerprint density at radius 1 is 1.36 bits per heavy atom. The molecule has 0 bridgehead atoms. The van der Waals surface area contributed by atoms with Gasteiger partial charge in [-0.05, 0) is 33.3 Å². The van der Waals surface area contributed by atoms with E-state index in [0.717, 1.165) is 11.3 Å². The Morgan fingerprint density at radius 3 is 2.50 bits per heavy atom. The molecule has 1 aromatic carbocycles. The van der Waals surface area contributed by atoms with Crippen molar-refractivity contribution in [2.75, 3.05) is 6.61 Å². The number of benzene rings is 1. The number of rotatable bonds is 3. The van der Waals surface area contributed by atoms with Gasteiger partial charge in [0.05, 0.1) is 6.61 Å². The third kappa shape index (κ3) is 2.26. The van der Waals surface area contributed by atoms with Crippen LogP contribution in [0.25, 0.3) is 0 Å². The molecule has 0 saturated heterocycles. The Kier molecular flexibility index (Phi) is 3.53. The van der Waals surface area contributed by atoms with E-state index in [1.165, 1.54) is 11.1 Å². The first-order valence-electron chi connectivity index (χ1n) is 5.05. The van der Waals surface area contributed by atoms with Crippen molar-refractivity contribution >= 4 is 0 Å². The van der Waals surface area contributed by atoms with Crippen LogP contribution >= 0.6 is 0 Å². The molecular formula is C12H19NO. The third-order valence-electron chi connectivity index (χ3n) is 2.23.